The minimum absolute atomic E-state index is 0.0209. The highest BCUT2D eigenvalue weighted by atomic mass is 32.1. The third kappa shape index (κ3) is 3.92. The summed E-state index contributed by atoms with van der Waals surface area (Å²) in [7, 11) is 0. The fraction of sp³-hybridized carbons (Fsp3) is 0. The third-order valence-electron chi connectivity index (χ3n) is 4.12. The van der Waals surface area contributed by atoms with Crippen molar-refractivity contribution in [1.29, 1.82) is 0 Å². The Balaban J connectivity index is 1.53. The molecule has 6 nitrogen and oxygen atoms in total. The molecule has 0 unspecified atom stereocenters. The molecule has 3 aromatic carbocycles. The molecule has 0 saturated carbocycles. The van der Waals surface area contributed by atoms with Crippen molar-refractivity contribution >= 4 is 40.0 Å². The molecule has 4 aromatic rings. The Kier molecular flexibility index (Phi) is 4.92. The molecule has 0 bridgehead atoms. The van der Waals surface area contributed by atoms with Crippen molar-refractivity contribution in [2.45, 2.75) is 0 Å². The topological polar surface area (TPSA) is 87.4 Å². The number of anilines is 1. The smallest absolute Gasteiger partial charge is 0.260 e. The number of nitrogens with one attached hydrogen (secondary N) is 2. The molecule has 8 heteroatoms. The van der Waals surface area contributed by atoms with Crippen molar-refractivity contribution in [2.24, 2.45) is 0 Å². The van der Waals surface area contributed by atoms with E-state index in [4.69, 9.17) is 16.6 Å². The normalized spacial score (nSPS) is 10.7. The van der Waals surface area contributed by atoms with Crippen LogP contribution in [0.2, 0.25) is 0 Å². The Labute approximate surface area is 170 Å². The van der Waals surface area contributed by atoms with Crippen LogP contribution in [0.1, 0.15) is 10.4 Å². The molecule has 0 atom stereocenters. The summed E-state index contributed by atoms with van der Waals surface area (Å²) in [5.74, 6) is -1.09. The summed E-state index contributed by atoms with van der Waals surface area (Å²) in [6.45, 7) is 0. The summed E-state index contributed by atoms with van der Waals surface area (Å²) in [6.07, 6.45) is 0. The number of benzene rings is 3. The van der Waals surface area contributed by atoms with E-state index in [0.29, 0.717) is 22.4 Å². The number of carbonyl (C=O) groups is 1. The average Bonchev–Trinajstić information content (AvgIpc) is 3.13. The van der Waals surface area contributed by atoms with Gasteiger partial charge in [0.1, 0.15) is 17.1 Å². The van der Waals surface area contributed by atoms with E-state index in [-0.39, 0.29) is 22.3 Å². The Bertz CT molecular complexity index is 1210. The van der Waals surface area contributed by atoms with Gasteiger partial charge >= 0.3 is 0 Å². The van der Waals surface area contributed by atoms with Crippen LogP contribution in [-0.4, -0.2) is 21.1 Å². The summed E-state index contributed by atoms with van der Waals surface area (Å²) in [4.78, 5) is 16.5. The standard InChI is InChI=1S/C21H14FN3O3S/c22-15-6-2-1-5-13(15)19(27)25-21(29)23-12-9-10-17(26)14(11-12)20-24-16-7-3-4-8-18(16)28-20/h1-11,26H,(H2,23,25,27,29). The number of phenolic OH excluding ortho intramolecular Hbond substituents is 1. The van der Waals surface area contributed by atoms with Gasteiger partial charge < -0.3 is 14.8 Å². The van der Waals surface area contributed by atoms with Crippen LogP contribution in [0.5, 0.6) is 5.75 Å². The maximum absolute atomic E-state index is 13.7. The highest BCUT2D eigenvalue weighted by molar-refractivity contribution is 7.80. The summed E-state index contributed by atoms with van der Waals surface area (Å²) in [5, 5.41) is 15.4. The van der Waals surface area contributed by atoms with Crippen molar-refractivity contribution in [2.75, 3.05) is 5.32 Å². The number of phenols is 1. The zero-order chi connectivity index (χ0) is 20.4. The number of nitrogens with zero attached hydrogens (tertiary/aromatic N) is 1. The summed E-state index contributed by atoms with van der Waals surface area (Å²) in [6, 6.07) is 17.5. The number of carbonyl (C=O) groups excluding carboxylic acids is 1. The second-order valence-electron chi connectivity index (χ2n) is 6.11. The van der Waals surface area contributed by atoms with E-state index in [1.54, 1.807) is 30.3 Å². The number of hydrogen-bond acceptors (Lipinski definition) is 5. The average molecular weight is 407 g/mol. The molecule has 0 aliphatic carbocycles. The number of aromatic hydroxyl groups is 1. The van der Waals surface area contributed by atoms with E-state index >= 15 is 0 Å². The summed E-state index contributed by atoms with van der Waals surface area (Å²) >= 11 is 5.13. The SMILES string of the molecule is O=C(NC(=S)Nc1ccc(O)c(-c2nc3ccccc3o2)c1)c1ccccc1F. The van der Waals surface area contributed by atoms with Crippen LogP contribution >= 0.6 is 12.2 Å². The van der Waals surface area contributed by atoms with Crippen molar-refractivity contribution in [3.8, 4) is 17.2 Å². The van der Waals surface area contributed by atoms with Crippen LogP contribution in [0, 0.1) is 5.82 Å². The van der Waals surface area contributed by atoms with Gasteiger partial charge in [-0.2, -0.15) is 0 Å². The van der Waals surface area contributed by atoms with Crippen LogP contribution < -0.4 is 10.6 Å². The molecule has 29 heavy (non-hydrogen) atoms. The molecular formula is C21H14FN3O3S. The zero-order valence-corrected chi connectivity index (χ0v) is 15.7. The first kappa shape index (κ1) is 18.6. The van der Waals surface area contributed by atoms with E-state index in [1.807, 2.05) is 12.1 Å². The van der Waals surface area contributed by atoms with Crippen molar-refractivity contribution in [3.05, 3.63) is 78.1 Å². The molecule has 0 radical (unpaired) electrons. The van der Waals surface area contributed by atoms with Gasteiger partial charge in [-0.05, 0) is 54.7 Å². The highest BCUT2D eigenvalue weighted by Crippen LogP contribution is 2.33. The lowest BCUT2D eigenvalue weighted by Gasteiger charge is -2.11. The summed E-state index contributed by atoms with van der Waals surface area (Å²) in [5.41, 5.74) is 1.98. The van der Waals surface area contributed by atoms with Crippen molar-refractivity contribution in [1.82, 2.24) is 10.3 Å². The van der Waals surface area contributed by atoms with Gasteiger partial charge in [0.25, 0.3) is 5.91 Å². The first-order valence-electron chi connectivity index (χ1n) is 8.57. The van der Waals surface area contributed by atoms with Gasteiger partial charge in [0.2, 0.25) is 5.89 Å². The Hall–Kier alpha value is -3.78. The highest BCUT2D eigenvalue weighted by Gasteiger charge is 2.15. The Morgan fingerprint density at radius 2 is 1.83 bits per heavy atom. The minimum atomic E-state index is -0.668. The second-order valence-corrected chi connectivity index (χ2v) is 6.52. The van der Waals surface area contributed by atoms with Gasteiger partial charge in [-0.1, -0.05) is 24.3 Å². The number of thiocarbonyl (C=S) groups is 1. The maximum Gasteiger partial charge on any atom is 0.260 e. The number of aromatic nitrogens is 1. The van der Waals surface area contributed by atoms with Gasteiger partial charge in [0.15, 0.2) is 10.7 Å². The van der Waals surface area contributed by atoms with Crippen LogP contribution in [0.4, 0.5) is 10.1 Å². The third-order valence-corrected chi connectivity index (χ3v) is 4.33. The zero-order valence-electron chi connectivity index (χ0n) is 14.8. The lowest BCUT2D eigenvalue weighted by molar-refractivity contribution is 0.0974. The Morgan fingerprint density at radius 3 is 2.62 bits per heavy atom. The number of halogens is 1. The van der Waals surface area contributed by atoms with Crippen molar-refractivity contribution < 1.29 is 18.7 Å². The monoisotopic (exact) mass is 407 g/mol. The number of amides is 1. The maximum atomic E-state index is 13.7. The molecule has 1 amide bonds. The molecule has 144 valence electrons. The van der Waals surface area contributed by atoms with Gasteiger partial charge in [-0.25, -0.2) is 9.37 Å². The molecule has 0 fully saturated rings. The second kappa shape index (κ2) is 7.69. The molecule has 0 aliphatic heterocycles. The lowest BCUT2D eigenvalue weighted by Crippen LogP contribution is -2.34. The quantitative estimate of drug-likeness (QED) is 0.343. The molecule has 1 aromatic heterocycles. The molecule has 0 spiro atoms. The number of para-hydroxylation sites is 2. The number of hydrogen-bond donors (Lipinski definition) is 3. The number of oxazole rings is 1. The van der Waals surface area contributed by atoms with Crippen LogP contribution in [-0.2, 0) is 0 Å². The van der Waals surface area contributed by atoms with Crippen LogP contribution in [0.15, 0.2) is 71.1 Å². The molecule has 0 saturated heterocycles. The molecular weight excluding hydrogens is 393 g/mol. The van der Waals surface area contributed by atoms with E-state index < -0.39 is 11.7 Å². The predicted octanol–water partition coefficient (Wildman–Crippen LogP) is 4.47. The molecule has 1 heterocycles. The largest absolute Gasteiger partial charge is 0.507 e. The van der Waals surface area contributed by atoms with Gasteiger partial charge in [0.05, 0.1) is 11.1 Å². The Morgan fingerprint density at radius 1 is 1.07 bits per heavy atom. The molecule has 3 N–H and O–H groups in total. The first-order valence-corrected chi connectivity index (χ1v) is 8.98. The van der Waals surface area contributed by atoms with Crippen molar-refractivity contribution in [3.63, 3.8) is 0 Å². The molecule has 0 aliphatic rings. The van der Waals surface area contributed by atoms with Gasteiger partial charge in [-0.3, -0.25) is 10.1 Å². The fourth-order valence-electron chi connectivity index (χ4n) is 2.75. The van der Waals surface area contributed by atoms with Gasteiger partial charge in [0, 0.05) is 5.69 Å². The number of fused-ring (bicyclic) bond motifs is 1. The van der Waals surface area contributed by atoms with E-state index in [2.05, 4.69) is 15.6 Å². The summed E-state index contributed by atoms with van der Waals surface area (Å²) < 4.78 is 19.4. The van der Waals surface area contributed by atoms with Gasteiger partial charge in [-0.15, -0.1) is 0 Å². The molecule has 4 rings (SSSR count). The van der Waals surface area contributed by atoms with E-state index in [1.165, 1.54) is 24.3 Å². The van der Waals surface area contributed by atoms with E-state index in [0.717, 1.165) is 0 Å². The van der Waals surface area contributed by atoms with Crippen LogP contribution in [0.25, 0.3) is 22.6 Å². The minimum Gasteiger partial charge on any atom is -0.507 e. The lowest BCUT2D eigenvalue weighted by atomic mass is 10.1. The fourth-order valence-corrected chi connectivity index (χ4v) is 2.96. The number of rotatable bonds is 3. The van der Waals surface area contributed by atoms with E-state index in [9.17, 15) is 14.3 Å². The van der Waals surface area contributed by atoms with Crippen LogP contribution in [0.3, 0.4) is 0 Å². The predicted molar refractivity (Wildman–Crippen MR) is 111 cm³/mol. The first-order chi connectivity index (χ1) is 14.0.